The summed E-state index contributed by atoms with van der Waals surface area (Å²) in [6.07, 6.45) is 2.11. The fourth-order valence-electron chi connectivity index (χ4n) is 4.81. The molecule has 1 atom stereocenters. The third-order valence-electron chi connectivity index (χ3n) is 6.69. The molecule has 3 heterocycles. The van der Waals surface area contributed by atoms with E-state index in [0.717, 1.165) is 41.5 Å². The van der Waals surface area contributed by atoms with Crippen LogP contribution in [-0.2, 0) is 0 Å². The average Bonchev–Trinajstić information content (AvgIpc) is 3.60. The van der Waals surface area contributed by atoms with Crippen molar-refractivity contribution in [1.29, 1.82) is 0 Å². The first kappa shape index (κ1) is 24.2. The number of nitrogens with zero attached hydrogens (tertiary/aromatic N) is 2. The van der Waals surface area contributed by atoms with E-state index in [4.69, 9.17) is 4.99 Å². The molecule has 2 aliphatic rings. The second-order valence-corrected chi connectivity index (χ2v) is 12.4. The molecule has 0 radical (unpaired) electrons. The van der Waals surface area contributed by atoms with Gasteiger partial charge in [-0.25, -0.2) is 4.99 Å². The molecular formula is C33H22N2OS3. The van der Waals surface area contributed by atoms with Gasteiger partial charge in [0.2, 0.25) is 0 Å². The smallest absolute Gasteiger partial charge is 0.272 e. The molecule has 0 amide bonds. The van der Waals surface area contributed by atoms with Gasteiger partial charge in [-0.3, -0.25) is 9.36 Å². The van der Waals surface area contributed by atoms with Gasteiger partial charge in [0, 0.05) is 9.81 Å². The Kier molecular flexibility index (Phi) is 6.44. The highest BCUT2D eigenvalue weighted by Crippen LogP contribution is 2.57. The largest absolute Gasteiger partial charge is 0.272 e. The van der Waals surface area contributed by atoms with E-state index >= 15 is 0 Å². The summed E-state index contributed by atoms with van der Waals surface area (Å²) >= 11 is 4.87. The third kappa shape index (κ3) is 4.55. The summed E-state index contributed by atoms with van der Waals surface area (Å²) < 4.78 is 3.61. The van der Waals surface area contributed by atoms with Crippen molar-refractivity contribution in [2.45, 2.75) is 6.04 Å². The van der Waals surface area contributed by atoms with Crippen molar-refractivity contribution >= 4 is 54.6 Å². The maximum absolute atomic E-state index is 14.1. The number of thioether (sulfide) groups is 2. The Morgan fingerprint density at radius 2 is 1.10 bits per heavy atom. The predicted octanol–water partition coefficient (Wildman–Crippen LogP) is 7.25. The Morgan fingerprint density at radius 1 is 0.615 bits per heavy atom. The molecule has 6 heteroatoms. The highest BCUT2D eigenvalue weighted by atomic mass is 32.2. The monoisotopic (exact) mass is 558 g/mol. The lowest BCUT2D eigenvalue weighted by atomic mass is 10.0. The maximum Gasteiger partial charge on any atom is 0.272 e. The fraction of sp³-hybridized carbons (Fsp3) is 0.0303. The van der Waals surface area contributed by atoms with Crippen molar-refractivity contribution in [2.24, 2.45) is 4.99 Å². The standard InChI is InChI=1S/C33H22N2OS3/c36-31-30(32-37-28(24-17-9-3-10-18-24)29(38-32)25-19-11-4-12-20-25)39-33-34-26(22-13-5-1-6-14-22)21-27(35(31)33)23-15-7-2-8-16-23/h1-21,27H. The number of fused-ring (bicyclic) bond motifs is 1. The van der Waals surface area contributed by atoms with Crippen molar-refractivity contribution in [3.8, 4) is 0 Å². The zero-order valence-corrected chi connectivity index (χ0v) is 23.2. The van der Waals surface area contributed by atoms with Crippen molar-refractivity contribution < 1.29 is 0 Å². The van der Waals surface area contributed by atoms with Gasteiger partial charge < -0.3 is 0 Å². The Balaban J connectivity index is 1.42. The predicted molar refractivity (Wildman–Crippen MR) is 167 cm³/mol. The van der Waals surface area contributed by atoms with Gasteiger partial charge in [-0.2, -0.15) is 0 Å². The maximum atomic E-state index is 14.1. The SMILES string of the molecule is O=c1c(=C2SC(c3ccccc3)=C(c3ccccc3)S2)sc2n1C(c1ccccc1)C=C(c1ccccc1)N=2. The third-order valence-corrected chi connectivity index (χ3v) is 10.7. The van der Waals surface area contributed by atoms with E-state index < -0.39 is 0 Å². The van der Waals surface area contributed by atoms with Crippen LogP contribution < -0.4 is 14.9 Å². The van der Waals surface area contributed by atoms with E-state index in [-0.39, 0.29) is 11.6 Å². The lowest BCUT2D eigenvalue weighted by Crippen LogP contribution is -2.36. The summed E-state index contributed by atoms with van der Waals surface area (Å²) in [6.45, 7) is 0. The van der Waals surface area contributed by atoms with Gasteiger partial charge in [-0.15, -0.1) is 0 Å². The highest BCUT2D eigenvalue weighted by molar-refractivity contribution is 8.41. The molecule has 0 saturated carbocycles. The summed E-state index contributed by atoms with van der Waals surface area (Å²) in [6, 6.07) is 41.0. The molecule has 2 aliphatic heterocycles. The first-order valence-electron chi connectivity index (χ1n) is 12.6. The summed E-state index contributed by atoms with van der Waals surface area (Å²) in [4.78, 5) is 22.2. The zero-order valence-electron chi connectivity index (χ0n) is 20.7. The summed E-state index contributed by atoms with van der Waals surface area (Å²) in [5.74, 6) is 0. The van der Waals surface area contributed by atoms with Crippen molar-refractivity contribution in [2.75, 3.05) is 0 Å². The van der Waals surface area contributed by atoms with Crippen LogP contribution in [0.5, 0.6) is 0 Å². The van der Waals surface area contributed by atoms with Crippen LogP contribution in [0.1, 0.15) is 28.3 Å². The zero-order chi connectivity index (χ0) is 26.2. The number of allylic oxidation sites excluding steroid dienone is 1. The van der Waals surface area contributed by atoms with Crippen LogP contribution in [0.2, 0.25) is 0 Å². The minimum Gasteiger partial charge on any atom is -0.272 e. The van der Waals surface area contributed by atoms with Crippen LogP contribution in [0.25, 0.3) is 19.7 Å². The summed E-state index contributed by atoms with van der Waals surface area (Å²) in [5, 5.41) is 0. The number of thiazole rings is 1. The lowest BCUT2D eigenvalue weighted by Gasteiger charge is -2.19. The molecule has 39 heavy (non-hydrogen) atoms. The quantitative estimate of drug-likeness (QED) is 0.233. The van der Waals surface area contributed by atoms with E-state index in [1.165, 1.54) is 21.1 Å². The number of benzene rings is 4. The molecule has 1 aromatic heterocycles. The Morgan fingerprint density at radius 3 is 1.64 bits per heavy atom. The van der Waals surface area contributed by atoms with Crippen LogP contribution in [0.4, 0.5) is 0 Å². The molecule has 1 unspecified atom stereocenters. The fourth-order valence-corrected chi connectivity index (χ4v) is 8.78. The molecule has 0 saturated heterocycles. The average molecular weight is 559 g/mol. The Labute approximate surface area is 238 Å². The molecule has 0 N–H and O–H groups in total. The molecule has 3 nitrogen and oxygen atoms in total. The summed E-state index contributed by atoms with van der Waals surface area (Å²) in [7, 11) is 0. The van der Waals surface area contributed by atoms with Gasteiger partial charge in [-0.05, 0) is 28.3 Å². The van der Waals surface area contributed by atoms with Gasteiger partial charge in [0.25, 0.3) is 5.56 Å². The first-order valence-corrected chi connectivity index (χ1v) is 15.1. The molecular weight excluding hydrogens is 537 g/mol. The van der Waals surface area contributed by atoms with Crippen LogP contribution >= 0.6 is 34.9 Å². The van der Waals surface area contributed by atoms with Crippen LogP contribution in [0.15, 0.2) is 137 Å². The molecule has 7 rings (SSSR count). The van der Waals surface area contributed by atoms with Crippen molar-refractivity contribution in [1.82, 2.24) is 4.57 Å². The van der Waals surface area contributed by atoms with E-state index in [1.807, 2.05) is 53.1 Å². The minimum atomic E-state index is -0.224. The number of aromatic nitrogens is 1. The van der Waals surface area contributed by atoms with E-state index in [2.05, 4.69) is 78.9 Å². The molecule has 0 fully saturated rings. The lowest BCUT2D eigenvalue weighted by molar-refractivity contribution is 0.644. The van der Waals surface area contributed by atoms with Crippen molar-refractivity contribution in [3.05, 3.63) is 169 Å². The van der Waals surface area contributed by atoms with Crippen LogP contribution in [0.3, 0.4) is 0 Å². The second kappa shape index (κ2) is 10.4. The van der Waals surface area contributed by atoms with Gasteiger partial charge in [0.05, 0.1) is 16.0 Å². The molecule has 5 aromatic rings. The van der Waals surface area contributed by atoms with E-state index in [0.29, 0.717) is 0 Å². The Hall–Kier alpha value is -3.84. The van der Waals surface area contributed by atoms with Gasteiger partial charge in [0.1, 0.15) is 4.53 Å². The second-order valence-electron chi connectivity index (χ2n) is 9.16. The normalized spacial score (nSPS) is 16.6. The number of hydrogen-bond acceptors (Lipinski definition) is 5. The van der Waals surface area contributed by atoms with E-state index in [1.54, 1.807) is 23.5 Å². The van der Waals surface area contributed by atoms with E-state index in [9.17, 15) is 4.79 Å². The molecule has 188 valence electrons. The highest BCUT2D eigenvalue weighted by Gasteiger charge is 2.28. The molecule has 0 bridgehead atoms. The van der Waals surface area contributed by atoms with Gasteiger partial charge in [-0.1, -0.05) is 156 Å². The topological polar surface area (TPSA) is 34.4 Å². The van der Waals surface area contributed by atoms with Crippen LogP contribution in [0, 0.1) is 0 Å². The van der Waals surface area contributed by atoms with Crippen molar-refractivity contribution in [3.63, 3.8) is 0 Å². The van der Waals surface area contributed by atoms with Crippen LogP contribution in [-0.4, -0.2) is 4.57 Å². The molecule has 4 aromatic carbocycles. The minimum absolute atomic E-state index is 0.00712. The number of rotatable bonds is 4. The Bertz CT molecular complexity index is 1850. The first-order chi connectivity index (χ1) is 19.3. The van der Waals surface area contributed by atoms with Gasteiger partial charge in [0.15, 0.2) is 4.80 Å². The van der Waals surface area contributed by atoms with Gasteiger partial charge >= 0.3 is 0 Å². The molecule has 0 aliphatic carbocycles. The molecule has 0 spiro atoms. The summed E-state index contributed by atoms with van der Waals surface area (Å²) in [5.41, 5.74) is 5.33. The number of hydrogen-bond donors (Lipinski definition) is 0.